The van der Waals surface area contributed by atoms with Crippen molar-refractivity contribution in [1.82, 2.24) is 4.90 Å². The van der Waals surface area contributed by atoms with E-state index in [1.54, 1.807) is 18.0 Å². The summed E-state index contributed by atoms with van der Waals surface area (Å²) in [5.41, 5.74) is 7.31. The third-order valence-electron chi connectivity index (χ3n) is 2.93. The Morgan fingerprint density at radius 1 is 1.42 bits per heavy atom. The average molecular weight is 263 g/mol. The molecule has 1 atom stereocenters. The first-order chi connectivity index (χ1) is 8.93. The summed E-state index contributed by atoms with van der Waals surface area (Å²) in [6.07, 6.45) is 0.596. The number of nitrogens with zero attached hydrogens (tertiary/aromatic N) is 1. The van der Waals surface area contributed by atoms with Gasteiger partial charge in [0.15, 0.2) is 0 Å². The van der Waals surface area contributed by atoms with Crippen LogP contribution in [0, 0.1) is 0 Å². The molecule has 0 aromatic heterocycles. The van der Waals surface area contributed by atoms with E-state index in [9.17, 15) is 9.59 Å². The van der Waals surface area contributed by atoms with E-state index in [0.717, 1.165) is 5.56 Å². The largest absolute Gasteiger partial charge is 0.342 e. The molecule has 0 radical (unpaired) electrons. The van der Waals surface area contributed by atoms with Gasteiger partial charge < -0.3 is 16.0 Å². The number of carbonyl (C=O) groups excluding carboxylic acids is 2. The van der Waals surface area contributed by atoms with Crippen molar-refractivity contribution in [2.75, 3.05) is 12.4 Å². The minimum atomic E-state index is -0.497. The van der Waals surface area contributed by atoms with Crippen molar-refractivity contribution in [1.29, 1.82) is 0 Å². The van der Waals surface area contributed by atoms with Crippen molar-refractivity contribution in [3.05, 3.63) is 29.8 Å². The van der Waals surface area contributed by atoms with E-state index in [1.807, 2.05) is 25.1 Å². The molecule has 5 nitrogen and oxygen atoms in total. The summed E-state index contributed by atoms with van der Waals surface area (Å²) < 4.78 is 0. The quantitative estimate of drug-likeness (QED) is 0.841. The minimum Gasteiger partial charge on any atom is -0.342 e. The number of hydrogen-bond acceptors (Lipinski definition) is 3. The highest BCUT2D eigenvalue weighted by atomic mass is 16.2. The van der Waals surface area contributed by atoms with Crippen LogP contribution < -0.4 is 11.1 Å². The molecule has 0 fully saturated rings. The predicted octanol–water partition coefficient (Wildman–Crippen LogP) is 1.34. The summed E-state index contributed by atoms with van der Waals surface area (Å²) in [5, 5.41) is 2.77. The van der Waals surface area contributed by atoms with Crippen LogP contribution in [0.25, 0.3) is 0 Å². The van der Waals surface area contributed by atoms with Crippen molar-refractivity contribution in [3.63, 3.8) is 0 Å². The molecule has 0 saturated heterocycles. The molecule has 0 bridgehead atoms. The Balaban J connectivity index is 2.72. The molecule has 0 heterocycles. The molecule has 0 aliphatic heterocycles. The van der Waals surface area contributed by atoms with E-state index in [-0.39, 0.29) is 11.8 Å². The molecule has 104 valence electrons. The van der Waals surface area contributed by atoms with Crippen LogP contribution in [0.15, 0.2) is 24.3 Å². The van der Waals surface area contributed by atoms with E-state index in [4.69, 9.17) is 5.73 Å². The van der Waals surface area contributed by atoms with Gasteiger partial charge in [-0.25, -0.2) is 0 Å². The van der Waals surface area contributed by atoms with E-state index in [0.29, 0.717) is 18.7 Å². The molecule has 0 saturated carbocycles. The third-order valence-corrected chi connectivity index (χ3v) is 2.93. The standard InChI is InChI=1S/C14H21N3O2/c1-4-13(15)14(19)16-12-7-5-6-11(8-12)9-17(3)10(2)18/h5-8,13H,4,9,15H2,1-3H3,(H,16,19). The molecule has 1 aromatic carbocycles. The van der Waals surface area contributed by atoms with E-state index in [1.165, 1.54) is 6.92 Å². The Morgan fingerprint density at radius 3 is 2.68 bits per heavy atom. The maximum atomic E-state index is 11.7. The molecule has 1 aromatic rings. The Hall–Kier alpha value is -1.88. The summed E-state index contributed by atoms with van der Waals surface area (Å²) in [6, 6.07) is 6.91. The first-order valence-corrected chi connectivity index (χ1v) is 6.31. The summed E-state index contributed by atoms with van der Waals surface area (Å²) in [6.45, 7) is 3.90. The van der Waals surface area contributed by atoms with E-state index < -0.39 is 6.04 Å². The van der Waals surface area contributed by atoms with Gasteiger partial charge in [0.05, 0.1) is 6.04 Å². The fourth-order valence-electron chi connectivity index (χ4n) is 1.55. The van der Waals surface area contributed by atoms with Gasteiger partial charge in [0.2, 0.25) is 11.8 Å². The average Bonchev–Trinajstić information content (AvgIpc) is 2.37. The number of anilines is 1. The van der Waals surface area contributed by atoms with Gasteiger partial charge in [0.1, 0.15) is 0 Å². The maximum absolute atomic E-state index is 11.7. The van der Waals surface area contributed by atoms with Crippen molar-refractivity contribution >= 4 is 17.5 Å². The fraction of sp³-hybridized carbons (Fsp3) is 0.429. The molecule has 19 heavy (non-hydrogen) atoms. The summed E-state index contributed by atoms with van der Waals surface area (Å²) in [5.74, 6) is -0.193. The number of benzene rings is 1. The molecule has 3 N–H and O–H groups in total. The van der Waals surface area contributed by atoms with Gasteiger partial charge in [0, 0.05) is 26.2 Å². The van der Waals surface area contributed by atoms with Crippen molar-refractivity contribution < 1.29 is 9.59 Å². The molecule has 0 aliphatic rings. The van der Waals surface area contributed by atoms with Gasteiger partial charge >= 0.3 is 0 Å². The molecule has 1 rings (SSSR count). The smallest absolute Gasteiger partial charge is 0.241 e. The number of hydrogen-bond donors (Lipinski definition) is 2. The van der Waals surface area contributed by atoms with Crippen LogP contribution in [-0.2, 0) is 16.1 Å². The van der Waals surface area contributed by atoms with Gasteiger partial charge in [-0.05, 0) is 24.1 Å². The number of nitrogens with two attached hydrogens (primary N) is 1. The van der Waals surface area contributed by atoms with Crippen LogP contribution in [0.3, 0.4) is 0 Å². The highest BCUT2D eigenvalue weighted by Crippen LogP contribution is 2.12. The second-order valence-electron chi connectivity index (χ2n) is 4.58. The summed E-state index contributed by atoms with van der Waals surface area (Å²) >= 11 is 0. The number of amides is 2. The molecule has 0 spiro atoms. The first kappa shape index (κ1) is 15.2. The maximum Gasteiger partial charge on any atom is 0.241 e. The highest BCUT2D eigenvalue weighted by molar-refractivity contribution is 5.94. The zero-order valence-electron chi connectivity index (χ0n) is 11.6. The Kier molecular flexibility index (Phi) is 5.51. The Labute approximate surface area is 113 Å². The lowest BCUT2D eigenvalue weighted by Crippen LogP contribution is -2.34. The van der Waals surface area contributed by atoms with E-state index >= 15 is 0 Å². The zero-order valence-corrected chi connectivity index (χ0v) is 11.6. The lowest BCUT2D eigenvalue weighted by Gasteiger charge is -2.16. The van der Waals surface area contributed by atoms with Crippen LogP contribution >= 0.6 is 0 Å². The number of carbonyl (C=O) groups is 2. The Morgan fingerprint density at radius 2 is 2.11 bits per heavy atom. The molecule has 2 amide bonds. The van der Waals surface area contributed by atoms with Gasteiger partial charge in [-0.1, -0.05) is 19.1 Å². The fourth-order valence-corrected chi connectivity index (χ4v) is 1.55. The van der Waals surface area contributed by atoms with Crippen LogP contribution in [0.5, 0.6) is 0 Å². The zero-order chi connectivity index (χ0) is 14.4. The summed E-state index contributed by atoms with van der Waals surface area (Å²) in [7, 11) is 1.74. The highest BCUT2D eigenvalue weighted by Gasteiger charge is 2.11. The lowest BCUT2D eigenvalue weighted by molar-refractivity contribution is -0.128. The number of rotatable bonds is 5. The van der Waals surface area contributed by atoms with Crippen LogP contribution in [-0.4, -0.2) is 29.8 Å². The normalized spacial score (nSPS) is 11.8. The van der Waals surface area contributed by atoms with Crippen molar-refractivity contribution in [3.8, 4) is 0 Å². The number of nitrogens with one attached hydrogen (secondary N) is 1. The predicted molar refractivity (Wildman–Crippen MR) is 75.5 cm³/mol. The Bertz CT molecular complexity index is 460. The van der Waals surface area contributed by atoms with Crippen LogP contribution in [0.2, 0.25) is 0 Å². The van der Waals surface area contributed by atoms with Gasteiger partial charge in [-0.2, -0.15) is 0 Å². The van der Waals surface area contributed by atoms with Gasteiger partial charge in [0.25, 0.3) is 0 Å². The van der Waals surface area contributed by atoms with E-state index in [2.05, 4.69) is 5.32 Å². The molecule has 1 unspecified atom stereocenters. The van der Waals surface area contributed by atoms with Crippen molar-refractivity contribution in [2.45, 2.75) is 32.9 Å². The molecular weight excluding hydrogens is 242 g/mol. The molecular formula is C14H21N3O2. The second-order valence-corrected chi connectivity index (χ2v) is 4.58. The van der Waals surface area contributed by atoms with Crippen LogP contribution in [0.1, 0.15) is 25.8 Å². The third kappa shape index (κ3) is 4.71. The SMILES string of the molecule is CCC(N)C(=O)Nc1cccc(CN(C)C(C)=O)c1. The monoisotopic (exact) mass is 263 g/mol. The first-order valence-electron chi connectivity index (χ1n) is 6.31. The lowest BCUT2D eigenvalue weighted by atomic mass is 10.1. The van der Waals surface area contributed by atoms with Gasteiger partial charge in [-0.3, -0.25) is 9.59 Å². The molecule has 5 heteroatoms. The topological polar surface area (TPSA) is 75.4 Å². The summed E-state index contributed by atoms with van der Waals surface area (Å²) in [4.78, 5) is 24.5. The van der Waals surface area contributed by atoms with Gasteiger partial charge in [-0.15, -0.1) is 0 Å². The molecule has 0 aliphatic carbocycles. The second kappa shape index (κ2) is 6.89. The minimum absolute atomic E-state index is 0.00226. The van der Waals surface area contributed by atoms with Crippen LogP contribution in [0.4, 0.5) is 5.69 Å². The van der Waals surface area contributed by atoms with Crippen molar-refractivity contribution in [2.24, 2.45) is 5.73 Å².